The van der Waals surface area contributed by atoms with E-state index in [-0.39, 0.29) is 24.1 Å². The third-order valence-electron chi connectivity index (χ3n) is 2.02. The van der Waals surface area contributed by atoms with Crippen molar-refractivity contribution in [1.29, 1.82) is 0 Å². The van der Waals surface area contributed by atoms with Crippen LogP contribution in [-0.2, 0) is 4.74 Å². The van der Waals surface area contributed by atoms with Gasteiger partial charge in [0.05, 0.1) is 6.10 Å². The Morgan fingerprint density at radius 2 is 2.10 bits per heavy atom. The fourth-order valence-electron chi connectivity index (χ4n) is 0.982. The zero-order valence-electron chi connectivity index (χ0n) is 6.26. The summed E-state index contributed by atoms with van der Waals surface area (Å²) in [6.45, 7) is 3.28. The van der Waals surface area contributed by atoms with Crippen LogP contribution in [0, 0.1) is 0 Å². The molecule has 4 heteroatoms. The molecule has 0 radical (unpaired) electrons. The molecule has 0 aliphatic carbocycles. The molecule has 0 bridgehead atoms. The van der Waals surface area contributed by atoms with Crippen LogP contribution in [0.4, 0.5) is 0 Å². The lowest BCUT2D eigenvalue weighted by Gasteiger charge is -2.43. The Labute approximate surface area is 67.2 Å². The molecule has 0 amide bonds. The number of aliphatic hydroxyl groups excluding tert-OH is 1. The number of nitrogens with one attached hydrogen (secondary N) is 1. The summed E-state index contributed by atoms with van der Waals surface area (Å²) in [4.78, 5) is 0. The minimum Gasteiger partial charge on any atom is -0.390 e. The molecule has 1 rings (SSSR count). The molecular formula is C6H14ClNO2. The van der Waals surface area contributed by atoms with Crippen LogP contribution in [0.1, 0.15) is 6.92 Å². The van der Waals surface area contributed by atoms with E-state index in [4.69, 9.17) is 9.84 Å². The Kier molecular flexibility index (Phi) is 3.59. The monoisotopic (exact) mass is 167 g/mol. The predicted octanol–water partition coefficient (Wildman–Crippen LogP) is -0.223. The lowest BCUT2D eigenvalue weighted by atomic mass is 9.91. The van der Waals surface area contributed by atoms with Crippen molar-refractivity contribution < 1.29 is 9.84 Å². The maximum atomic E-state index is 9.16. The molecule has 0 aromatic heterocycles. The Hall–Kier alpha value is 0.170. The third kappa shape index (κ3) is 1.42. The van der Waals surface area contributed by atoms with Gasteiger partial charge in [0.15, 0.2) is 0 Å². The molecule has 3 nitrogen and oxygen atoms in total. The van der Waals surface area contributed by atoms with E-state index in [0.717, 1.165) is 13.1 Å². The second-order valence-corrected chi connectivity index (χ2v) is 2.55. The van der Waals surface area contributed by atoms with Gasteiger partial charge in [0, 0.05) is 20.2 Å². The van der Waals surface area contributed by atoms with Crippen LogP contribution in [0.2, 0.25) is 0 Å². The highest BCUT2D eigenvalue weighted by molar-refractivity contribution is 5.85. The van der Waals surface area contributed by atoms with Crippen molar-refractivity contribution in [3.8, 4) is 0 Å². The molecule has 0 aromatic carbocycles. The predicted molar refractivity (Wildman–Crippen MR) is 41.5 cm³/mol. The number of rotatable bonds is 2. The van der Waals surface area contributed by atoms with E-state index in [2.05, 4.69) is 5.32 Å². The number of hydrogen-bond acceptors (Lipinski definition) is 3. The minimum absolute atomic E-state index is 0. The Morgan fingerprint density at radius 1 is 1.60 bits per heavy atom. The molecule has 1 heterocycles. The van der Waals surface area contributed by atoms with Gasteiger partial charge in [0.1, 0.15) is 5.60 Å². The quantitative estimate of drug-likeness (QED) is 0.598. The number of halogens is 1. The van der Waals surface area contributed by atoms with Gasteiger partial charge in [0.25, 0.3) is 0 Å². The summed E-state index contributed by atoms with van der Waals surface area (Å²) in [5.74, 6) is 0. The summed E-state index contributed by atoms with van der Waals surface area (Å²) in [6.07, 6.45) is -0.372. The fraction of sp³-hybridized carbons (Fsp3) is 1.00. The Morgan fingerprint density at radius 3 is 2.10 bits per heavy atom. The summed E-state index contributed by atoms with van der Waals surface area (Å²) in [7, 11) is 1.63. The van der Waals surface area contributed by atoms with Crippen molar-refractivity contribution in [2.45, 2.75) is 18.6 Å². The molecule has 1 fully saturated rings. The smallest absolute Gasteiger partial charge is 0.118 e. The average molecular weight is 168 g/mol. The van der Waals surface area contributed by atoms with E-state index in [9.17, 15) is 0 Å². The molecule has 2 N–H and O–H groups in total. The van der Waals surface area contributed by atoms with Gasteiger partial charge in [0.2, 0.25) is 0 Å². The third-order valence-corrected chi connectivity index (χ3v) is 2.02. The summed E-state index contributed by atoms with van der Waals surface area (Å²) < 4.78 is 5.12. The van der Waals surface area contributed by atoms with E-state index in [1.807, 2.05) is 0 Å². The lowest BCUT2D eigenvalue weighted by Crippen LogP contribution is -2.66. The van der Waals surface area contributed by atoms with Crippen LogP contribution < -0.4 is 5.32 Å². The first-order valence-corrected chi connectivity index (χ1v) is 3.15. The van der Waals surface area contributed by atoms with E-state index in [0.29, 0.717) is 0 Å². The Bertz CT molecular complexity index is 98.4. The van der Waals surface area contributed by atoms with Crippen molar-refractivity contribution in [2.24, 2.45) is 0 Å². The SMILES string of the molecule is COC1(C(C)O)CNC1.Cl. The van der Waals surface area contributed by atoms with Gasteiger partial charge in [-0.25, -0.2) is 0 Å². The van der Waals surface area contributed by atoms with Gasteiger partial charge in [-0.2, -0.15) is 0 Å². The van der Waals surface area contributed by atoms with Crippen LogP contribution in [0.25, 0.3) is 0 Å². The Balaban J connectivity index is 0.000000810. The van der Waals surface area contributed by atoms with Gasteiger partial charge in [-0.3, -0.25) is 0 Å². The molecule has 1 aliphatic heterocycles. The van der Waals surface area contributed by atoms with E-state index in [1.54, 1.807) is 14.0 Å². The molecule has 0 aromatic rings. The largest absolute Gasteiger partial charge is 0.390 e. The van der Waals surface area contributed by atoms with Gasteiger partial charge in [-0.1, -0.05) is 0 Å². The highest BCUT2D eigenvalue weighted by Gasteiger charge is 2.41. The number of aliphatic hydroxyl groups is 1. The normalized spacial score (nSPS) is 24.3. The summed E-state index contributed by atoms with van der Waals surface area (Å²) in [6, 6.07) is 0. The molecule has 62 valence electrons. The second-order valence-electron chi connectivity index (χ2n) is 2.55. The van der Waals surface area contributed by atoms with Gasteiger partial charge in [-0.05, 0) is 6.92 Å². The maximum absolute atomic E-state index is 9.16. The highest BCUT2D eigenvalue weighted by atomic mass is 35.5. The summed E-state index contributed by atoms with van der Waals surface area (Å²) in [5.41, 5.74) is -0.292. The number of methoxy groups -OCH3 is 1. The van der Waals surface area contributed by atoms with Crippen LogP contribution in [-0.4, -0.2) is 37.0 Å². The zero-order valence-corrected chi connectivity index (χ0v) is 7.07. The van der Waals surface area contributed by atoms with Crippen molar-refractivity contribution in [3.63, 3.8) is 0 Å². The van der Waals surface area contributed by atoms with Crippen molar-refractivity contribution in [3.05, 3.63) is 0 Å². The summed E-state index contributed by atoms with van der Waals surface area (Å²) >= 11 is 0. The number of ether oxygens (including phenoxy) is 1. The highest BCUT2D eigenvalue weighted by Crippen LogP contribution is 2.19. The zero-order chi connectivity index (χ0) is 6.91. The molecule has 10 heavy (non-hydrogen) atoms. The average Bonchev–Trinajstić information content (AvgIpc) is 1.62. The van der Waals surface area contributed by atoms with Crippen molar-refractivity contribution in [2.75, 3.05) is 20.2 Å². The standard InChI is InChI=1S/C6H13NO2.ClH/c1-5(8)6(9-2)3-7-4-6;/h5,7-8H,3-4H2,1-2H3;1H. The van der Waals surface area contributed by atoms with Crippen LogP contribution in [0.3, 0.4) is 0 Å². The van der Waals surface area contributed by atoms with Crippen LogP contribution in [0.15, 0.2) is 0 Å². The van der Waals surface area contributed by atoms with Gasteiger partial charge >= 0.3 is 0 Å². The van der Waals surface area contributed by atoms with E-state index in [1.165, 1.54) is 0 Å². The summed E-state index contributed by atoms with van der Waals surface area (Å²) in [5, 5.41) is 12.2. The first-order valence-electron chi connectivity index (χ1n) is 3.15. The van der Waals surface area contributed by atoms with Crippen molar-refractivity contribution >= 4 is 12.4 Å². The molecule has 0 saturated carbocycles. The molecule has 0 spiro atoms. The first-order chi connectivity index (χ1) is 4.21. The second kappa shape index (κ2) is 3.53. The first kappa shape index (κ1) is 10.2. The fourth-order valence-corrected chi connectivity index (χ4v) is 0.982. The van der Waals surface area contributed by atoms with E-state index < -0.39 is 0 Å². The van der Waals surface area contributed by atoms with Crippen molar-refractivity contribution in [1.82, 2.24) is 5.32 Å². The molecule has 1 atom stereocenters. The topological polar surface area (TPSA) is 41.5 Å². The van der Waals surface area contributed by atoms with Crippen LogP contribution >= 0.6 is 12.4 Å². The lowest BCUT2D eigenvalue weighted by molar-refractivity contribution is -0.125. The van der Waals surface area contributed by atoms with Gasteiger partial charge < -0.3 is 15.2 Å². The molecule has 1 saturated heterocycles. The molecular weight excluding hydrogens is 154 g/mol. The van der Waals surface area contributed by atoms with E-state index >= 15 is 0 Å². The van der Waals surface area contributed by atoms with Gasteiger partial charge in [-0.15, -0.1) is 12.4 Å². The number of hydrogen-bond donors (Lipinski definition) is 2. The maximum Gasteiger partial charge on any atom is 0.118 e. The minimum atomic E-state index is -0.372. The van der Waals surface area contributed by atoms with Crippen LogP contribution in [0.5, 0.6) is 0 Å². The molecule has 1 unspecified atom stereocenters. The molecule has 1 aliphatic rings.